The Hall–Kier alpha value is -1.66. The van der Waals surface area contributed by atoms with Crippen LogP contribution in [0.25, 0.3) is 0 Å². The molecule has 1 saturated carbocycles. The van der Waals surface area contributed by atoms with E-state index in [1.165, 1.54) is 12.8 Å². The number of amides is 1. The van der Waals surface area contributed by atoms with Crippen LogP contribution in [0.1, 0.15) is 25.5 Å². The van der Waals surface area contributed by atoms with E-state index in [9.17, 15) is 4.79 Å². The number of aromatic nitrogens is 1. The van der Waals surface area contributed by atoms with Crippen molar-refractivity contribution in [1.29, 1.82) is 0 Å². The first kappa shape index (κ1) is 15.7. The van der Waals surface area contributed by atoms with Crippen LogP contribution in [0.4, 0.5) is 0 Å². The topological polar surface area (TPSA) is 72.5 Å². The second-order valence-electron chi connectivity index (χ2n) is 5.35. The minimum Gasteiger partial charge on any atom is -0.482 e. The number of pyridine rings is 1. The minimum absolute atomic E-state index is 0.0184. The summed E-state index contributed by atoms with van der Waals surface area (Å²) in [6, 6.07) is 4.39. The summed E-state index contributed by atoms with van der Waals surface area (Å²) in [6.07, 6.45) is 4.17. The molecular formula is C15H23N3O3. The lowest BCUT2D eigenvalue weighted by Crippen LogP contribution is -2.38. The molecule has 116 valence electrons. The summed E-state index contributed by atoms with van der Waals surface area (Å²) in [5, 5.41) is 6.18. The number of hydrogen-bond donors (Lipinski definition) is 2. The van der Waals surface area contributed by atoms with Gasteiger partial charge in [0.05, 0.1) is 18.5 Å². The first-order chi connectivity index (χ1) is 10.2. The number of nitrogens with zero attached hydrogens (tertiary/aromatic N) is 1. The van der Waals surface area contributed by atoms with Gasteiger partial charge in [0.15, 0.2) is 6.61 Å². The minimum atomic E-state index is -0.168. The lowest BCUT2D eigenvalue weighted by Gasteiger charge is -2.13. The molecule has 0 aliphatic heterocycles. The molecule has 1 unspecified atom stereocenters. The predicted octanol–water partition coefficient (Wildman–Crippen LogP) is 0.863. The van der Waals surface area contributed by atoms with Crippen molar-refractivity contribution in [2.45, 2.75) is 38.4 Å². The van der Waals surface area contributed by atoms with E-state index in [-0.39, 0.29) is 18.6 Å². The maximum Gasteiger partial charge on any atom is 0.258 e. The van der Waals surface area contributed by atoms with Crippen LogP contribution in [0.2, 0.25) is 0 Å². The Bertz CT molecular complexity index is 446. The average molecular weight is 293 g/mol. The summed E-state index contributed by atoms with van der Waals surface area (Å²) < 4.78 is 10.4. The Morgan fingerprint density at radius 2 is 2.29 bits per heavy atom. The maximum absolute atomic E-state index is 11.6. The molecule has 1 fully saturated rings. The van der Waals surface area contributed by atoms with Gasteiger partial charge in [0.25, 0.3) is 5.91 Å². The Morgan fingerprint density at radius 1 is 1.48 bits per heavy atom. The molecule has 0 saturated heterocycles. The smallest absolute Gasteiger partial charge is 0.258 e. The predicted molar refractivity (Wildman–Crippen MR) is 79.1 cm³/mol. The molecule has 1 aromatic heterocycles. The zero-order chi connectivity index (χ0) is 15.1. The van der Waals surface area contributed by atoms with E-state index in [0.717, 1.165) is 12.2 Å². The largest absolute Gasteiger partial charge is 0.482 e. The third kappa shape index (κ3) is 6.10. The molecule has 0 radical (unpaired) electrons. The lowest BCUT2D eigenvalue weighted by atomic mass is 10.3. The third-order valence-electron chi connectivity index (χ3n) is 3.14. The van der Waals surface area contributed by atoms with E-state index in [0.29, 0.717) is 18.4 Å². The van der Waals surface area contributed by atoms with E-state index in [1.807, 2.05) is 19.1 Å². The highest BCUT2D eigenvalue weighted by atomic mass is 16.5. The Morgan fingerprint density at radius 3 is 2.90 bits per heavy atom. The molecule has 6 nitrogen and oxygen atoms in total. The second kappa shape index (κ2) is 7.95. The van der Waals surface area contributed by atoms with Crippen molar-refractivity contribution in [3.8, 4) is 5.75 Å². The van der Waals surface area contributed by atoms with Crippen molar-refractivity contribution in [3.63, 3.8) is 0 Å². The summed E-state index contributed by atoms with van der Waals surface area (Å²) in [5.41, 5.74) is 0.979. The van der Waals surface area contributed by atoms with Crippen molar-refractivity contribution >= 4 is 5.91 Å². The molecule has 1 aliphatic rings. The van der Waals surface area contributed by atoms with Crippen molar-refractivity contribution in [3.05, 3.63) is 24.0 Å². The molecule has 1 atom stereocenters. The molecular weight excluding hydrogens is 270 g/mol. The van der Waals surface area contributed by atoms with Gasteiger partial charge in [-0.1, -0.05) is 0 Å². The fraction of sp³-hybridized carbons (Fsp3) is 0.600. The van der Waals surface area contributed by atoms with Crippen LogP contribution in [0.5, 0.6) is 5.75 Å². The first-order valence-electron chi connectivity index (χ1n) is 7.27. The maximum atomic E-state index is 11.6. The number of hydrogen-bond acceptors (Lipinski definition) is 5. The van der Waals surface area contributed by atoms with Gasteiger partial charge in [-0.3, -0.25) is 9.78 Å². The Labute approximate surface area is 125 Å². The molecule has 1 aliphatic carbocycles. The van der Waals surface area contributed by atoms with Crippen LogP contribution >= 0.6 is 0 Å². The van der Waals surface area contributed by atoms with Crippen molar-refractivity contribution < 1.29 is 14.3 Å². The fourth-order valence-electron chi connectivity index (χ4n) is 1.89. The summed E-state index contributed by atoms with van der Waals surface area (Å²) >= 11 is 0. The van der Waals surface area contributed by atoms with Gasteiger partial charge < -0.3 is 20.1 Å². The van der Waals surface area contributed by atoms with E-state index < -0.39 is 0 Å². The summed E-state index contributed by atoms with van der Waals surface area (Å²) in [4.78, 5) is 15.9. The third-order valence-corrected chi connectivity index (χ3v) is 3.14. The number of nitrogens with one attached hydrogen (secondary N) is 2. The SMILES string of the molecule is COCC(C)NC(=O)COc1ccc(CNC2CC2)nc1. The zero-order valence-corrected chi connectivity index (χ0v) is 12.6. The summed E-state index contributed by atoms with van der Waals surface area (Å²) in [5.74, 6) is 0.429. The molecule has 0 aromatic carbocycles. The van der Waals surface area contributed by atoms with Gasteiger partial charge in [0.2, 0.25) is 0 Å². The molecule has 6 heteroatoms. The normalized spacial score (nSPS) is 15.5. The van der Waals surface area contributed by atoms with E-state index in [4.69, 9.17) is 9.47 Å². The number of ether oxygens (including phenoxy) is 2. The van der Waals surface area contributed by atoms with Gasteiger partial charge >= 0.3 is 0 Å². The van der Waals surface area contributed by atoms with Crippen LogP contribution in [0.3, 0.4) is 0 Å². The Kier molecular flexibility index (Phi) is 5.95. The van der Waals surface area contributed by atoms with Gasteiger partial charge in [0, 0.05) is 25.7 Å². The highest BCUT2D eigenvalue weighted by molar-refractivity contribution is 5.77. The molecule has 1 amide bonds. The monoisotopic (exact) mass is 293 g/mol. The molecule has 1 aromatic rings. The quantitative estimate of drug-likeness (QED) is 0.706. The standard InChI is InChI=1S/C15H23N3O3/c1-11(9-20-2)18-15(19)10-21-14-6-5-13(17-8-14)7-16-12-3-4-12/h5-6,8,11-12,16H,3-4,7,9-10H2,1-2H3,(H,18,19). The number of carbonyl (C=O) groups excluding carboxylic acids is 1. The van der Waals surface area contributed by atoms with Crippen LogP contribution in [-0.2, 0) is 16.1 Å². The van der Waals surface area contributed by atoms with Crippen LogP contribution in [-0.4, -0.2) is 43.3 Å². The molecule has 0 spiro atoms. The van der Waals surface area contributed by atoms with E-state index >= 15 is 0 Å². The van der Waals surface area contributed by atoms with Crippen molar-refractivity contribution in [2.75, 3.05) is 20.3 Å². The molecule has 2 rings (SSSR count). The van der Waals surface area contributed by atoms with Crippen LogP contribution in [0, 0.1) is 0 Å². The second-order valence-corrected chi connectivity index (χ2v) is 5.35. The first-order valence-corrected chi connectivity index (χ1v) is 7.27. The van der Waals surface area contributed by atoms with Gasteiger partial charge in [-0.25, -0.2) is 0 Å². The lowest BCUT2D eigenvalue weighted by molar-refractivity contribution is -0.124. The van der Waals surface area contributed by atoms with Gasteiger partial charge in [0.1, 0.15) is 5.75 Å². The van der Waals surface area contributed by atoms with Crippen molar-refractivity contribution in [1.82, 2.24) is 15.6 Å². The highest BCUT2D eigenvalue weighted by Gasteiger charge is 2.20. The van der Waals surface area contributed by atoms with Crippen LogP contribution in [0.15, 0.2) is 18.3 Å². The number of methoxy groups -OCH3 is 1. The van der Waals surface area contributed by atoms with Gasteiger partial charge in [-0.05, 0) is 31.9 Å². The summed E-state index contributed by atoms with van der Waals surface area (Å²) in [6.45, 7) is 3.12. The van der Waals surface area contributed by atoms with E-state index in [2.05, 4.69) is 15.6 Å². The highest BCUT2D eigenvalue weighted by Crippen LogP contribution is 2.19. The molecule has 21 heavy (non-hydrogen) atoms. The van der Waals surface area contributed by atoms with Gasteiger partial charge in [-0.2, -0.15) is 0 Å². The zero-order valence-electron chi connectivity index (χ0n) is 12.6. The fourth-order valence-corrected chi connectivity index (χ4v) is 1.89. The van der Waals surface area contributed by atoms with Crippen molar-refractivity contribution in [2.24, 2.45) is 0 Å². The van der Waals surface area contributed by atoms with Crippen LogP contribution < -0.4 is 15.4 Å². The Balaban J connectivity index is 1.68. The molecule has 2 N–H and O–H groups in total. The van der Waals surface area contributed by atoms with E-state index in [1.54, 1.807) is 13.3 Å². The summed E-state index contributed by atoms with van der Waals surface area (Å²) in [7, 11) is 1.60. The molecule has 0 bridgehead atoms. The number of rotatable bonds is 9. The molecule has 1 heterocycles. The average Bonchev–Trinajstić information content (AvgIpc) is 3.28. The number of carbonyl (C=O) groups is 1. The van der Waals surface area contributed by atoms with Gasteiger partial charge in [-0.15, -0.1) is 0 Å².